The van der Waals surface area contributed by atoms with Gasteiger partial charge >= 0.3 is 12.1 Å². The van der Waals surface area contributed by atoms with E-state index in [0.29, 0.717) is 19.3 Å². The van der Waals surface area contributed by atoms with Crippen LogP contribution in [0.4, 0.5) is 13.2 Å². The molecule has 1 aliphatic heterocycles. The van der Waals surface area contributed by atoms with Gasteiger partial charge in [0, 0.05) is 29.6 Å². The number of ether oxygens (including phenoxy) is 3. The van der Waals surface area contributed by atoms with Crippen molar-refractivity contribution < 1.29 is 42.1 Å². The van der Waals surface area contributed by atoms with Crippen LogP contribution < -0.4 is 0 Å². The monoisotopic (exact) mass is 550 g/mol. The lowest BCUT2D eigenvalue weighted by atomic mass is 9.55. The highest BCUT2D eigenvalue weighted by molar-refractivity contribution is 6.03. The summed E-state index contributed by atoms with van der Waals surface area (Å²) < 4.78 is 59.9. The average Bonchev–Trinajstić information content (AvgIpc) is 3.54. The first-order chi connectivity index (χ1) is 18.0. The maximum atomic E-state index is 14.5. The summed E-state index contributed by atoms with van der Waals surface area (Å²) in [5.41, 5.74) is -6.10. The molecule has 9 heteroatoms. The lowest BCUT2D eigenvalue weighted by Crippen LogP contribution is -2.59. The first-order valence-electron chi connectivity index (χ1n) is 13.3. The number of hydrogen-bond donors (Lipinski definition) is 1. The first-order valence-corrected chi connectivity index (χ1v) is 13.3. The molecule has 2 aliphatic carbocycles. The SMILES string of the molecule is CO[C@](C(=O)O[C@H]1C=C2C(=O)[C@H]3O[C@]3(C)CC/C=C(\C)CC[C@@](C)([C@@H]1C)[C@@]2(C)O)(c1ccccc1)C(F)(F)F. The number of benzene rings is 1. The molecule has 1 aromatic carbocycles. The number of rotatable bonds is 4. The van der Waals surface area contributed by atoms with Gasteiger partial charge in [-0.2, -0.15) is 13.2 Å². The lowest BCUT2D eigenvalue weighted by molar-refractivity contribution is -0.279. The zero-order valence-electron chi connectivity index (χ0n) is 23.2. The van der Waals surface area contributed by atoms with E-state index in [9.17, 15) is 27.9 Å². The Hall–Kier alpha value is -2.49. The van der Waals surface area contributed by atoms with Gasteiger partial charge in [0.05, 0.1) is 5.60 Å². The van der Waals surface area contributed by atoms with E-state index in [4.69, 9.17) is 14.2 Å². The Balaban J connectivity index is 1.81. The van der Waals surface area contributed by atoms with Gasteiger partial charge in [-0.05, 0) is 52.5 Å². The van der Waals surface area contributed by atoms with Crippen LogP contribution in [-0.2, 0) is 29.4 Å². The van der Waals surface area contributed by atoms with E-state index in [1.54, 1.807) is 20.8 Å². The highest BCUT2D eigenvalue weighted by atomic mass is 19.4. The predicted molar refractivity (Wildman–Crippen MR) is 138 cm³/mol. The number of carbonyl (C=O) groups is 2. The molecule has 1 N–H and O–H groups in total. The summed E-state index contributed by atoms with van der Waals surface area (Å²) in [6.07, 6.45) is -1.41. The smallest absolute Gasteiger partial charge is 0.432 e. The van der Waals surface area contributed by atoms with Crippen LogP contribution in [0.2, 0.25) is 0 Å². The van der Waals surface area contributed by atoms with Crippen molar-refractivity contribution in [3.05, 3.63) is 59.2 Å². The van der Waals surface area contributed by atoms with Crippen molar-refractivity contribution in [2.24, 2.45) is 11.3 Å². The van der Waals surface area contributed by atoms with Crippen molar-refractivity contribution in [3.63, 3.8) is 0 Å². The highest BCUT2D eigenvalue weighted by Gasteiger charge is 2.66. The van der Waals surface area contributed by atoms with Crippen molar-refractivity contribution in [2.45, 2.75) is 95.5 Å². The van der Waals surface area contributed by atoms with Crippen LogP contribution >= 0.6 is 0 Å². The third kappa shape index (κ3) is 4.66. The van der Waals surface area contributed by atoms with Crippen LogP contribution in [0.5, 0.6) is 0 Å². The molecule has 0 unspecified atom stereocenters. The van der Waals surface area contributed by atoms with Gasteiger partial charge in [-0.25, -0.2) is 4.79 Å². The highest BCUT2D eigenvalue weighted by Crippen LogP contribution is 2.55. The number of methoxy groups -OCH3 is 1. The van der Waals surface area contributed by atoms with E-state index in [0.717, 1.165) is 31.2 Å². The fourth-order valence-electron chi connectivity index (χ4n) is 6.17. The summed E-state index contributed by atoms with van der Waals surface area (Å²) in [6.45, 7) is 8.88. The quantitative estimate of drug-likeness (QED) is 0.299. The second-order valence-corrected chi connectivity index (χ2v) is 11.7. The maximum absolute atomic E-state index is 14.5. The predicted octanol–water partition coefficient (Wildman–Crippen LogP) is 5.58. The summed E-state index contributed by atoms with van der Waals surface area (Å²) in [6, 6.07) is 6.59. The zero-order valence-corrected chi connectivity index (χ0v) is 23.2. The van der Waals surface area contributed by atoms with Crippen molar-refractivity contribution in [1.29, 1.82) is 0 Å². The van der Waals surface area contributed by atoms with E-state index < -0.39 is 63.8 Å². The van der Waals surface area contributed by atoms with Crippen LogP contribution in [0, 0.1) is 11.3 Å². The van der Waals surface area contributed by atoms with Gasteiger partial charge in [-0.3, -0.25) is 4.79 Å². The summed E-state index contributed by atoms with van der Waals surface area (Å²) in [5.74, 6) is -2.73. The molecular formula is C30H37F3O6. The van der Waals surface area contributed by atoms with Gasteiger partial charge in [0.15, 0.2) is 5.78 Å². The van der Waals surface area contributed by atoms with E-state index >= 15 is 0 Å². The molecule has 39 heavy (non-hydrogen) atoms. The first kappa shape index (κ1) is 29.5. The minimum absolute atomic E-state index is 0.00781. The number of alkyl halides is 3. The number of ketones is 1. The molecule has 0 amide bonds. The van der Waals surface area contributed by atoms with Crippen LogP contribution in [0.1, 0.15) is 65.9 Å². The van der Waals surface area contributed by atoms with E-state index in [2.05, 4.69) is 6.08 Å². The van der Waals surface area contributed by atoms with Gasteiger partial charge in [0.25, 0.3) is 5.60 Å². The van der Waals surface area contributed by atoms with Crippen LogP contribution in [-0.4, -0.2) is 53.6 Å². The lowest BCUT2D eigenvalue weighted by Gasteiger charge is -2.53. The molecule has 1 fully saturated rings. The molecular weight excluding hydrogens is 513 g/mol. The molecule has 0 radical (unpaired) electrons. The number of Topliss-reactive ketones (excluding diaryl/α,β-unsaturated/α-hetero) is 1. The van der Waals surface area contributed by atoms with Crippen LogP contribution in [0.25, 0.3) is 0 Å². The number of hydrogen-bond acceptors (Lipinski definition) is 6. The van der Waals surface area contributed by atoms with Crippen LogP contribution in [0.3, 0.4) is 0 Å². The minimum atomic E-state index is -5.14. The Morgan fingerprint density at radius 1 is 1.13 bits per heavy atom. The van der Waals surface area contributed by atoms with Crippen molar-refractivity contribution in [1.82, 2.24) is 0 Å². The molecule has 0 aromatic heterocycles. The number of allylic oxidation sites excluding steroid dienone is 2. The second-order valence-electron chi connectivity index (χ2n) is 11.7. The fourth-order valence-corrected chi connectivity index (χ4v) is 6.17. The third-order valence-corrected chi connectivity index (χ3v) is 9.44. The third-order valence-electron chi connectivity index (χ3n) is 9.44. The Labute approximate surface area is 227 Å². The molecule has 6 nitrogen and oxygen atoms in total. The van der Waals surface area contributed by atoms with E-state index in [-0.39, 0.29) is 5.57 Å². The molecule has 0 spiro atoms. The standard InChI is InChI=1S/C30H37F3O6/c1-18-11-10-15-27(4)24(39-27)23(34)21-17-22(19(2)26(3,16-14-18)28(21,5)36)38-25(35)29(37-6,30(31,32)33)20-12-8-7-9-13-20/h7-9,11-13,17,19,22,24,36H,10,14-16H2,1-6H3/b18-11+/t19-,22+,24-,26+,27-,28+,29+/m1/s1. The van der Waals surface area contributed by atoms with Gasteiger partial charge in [0.1, 0.15) is 17.8 Å². The van der Waals surface area contributed by atoms with Gasteiger partial charge in [-0.15, -0.1) is 0 Å². The maximum Gasteiger partial charge on any atom is 0.432 e. The summed E-state index contributed by atoms with van der Waals surface area (Å²) in [7, 11) is 0.810. The van der Waals surface area contributed by atoms with Crippen molar-refractivity contribution in [3.8, 4) is 0 Å². The van der Waals surface area contributed by atoms with Crippen molar-refractivity contribution in [2.75, 3.05) is 7.11 Å². The number of aliphatic hydroxyl groups is 1. The normalized spacial score (nSPS) is 38.1. The second kappa shape index (κ2) is 9.85. The number of epoxide rings is 1. The van der Waals surface area contributed by atoms with E-state index in [1.807, 2.05) is 13.8 Å². The van der Waals surface area contributed by atoms with Gasteiger partial charge < -0.3 is 19.3 Å². The average molecular weight is 551 g/mol. The summed E-state index contributed by atoms with van der Waals surface area (Å²) in [5, 5.41) is 11.9. The topological polar surface area (TPSA) is 85.4 Å². The summed E-state index contributed by atoms with van der Waals surface area (Å²) >= 11 is 0. The van der Waals surface area contributed by atoms with E-state index in [1.165, 1.54) is 24.3 Å². The molecule has 3 aliphatic rings. The Bertz CT molecular complexity index is 1190. The van der Waals surface area contributed by atoms with Gasteiger partial charge in [-0.1, -0.05) is 55.8 Å². The molecule has 1 heterocycles. The molecule has 7 atom stereocenters. The number of carbonyl (C=O) groups excluding carboxylic acids is 2. The number of halogens is 3. The summed E-state index contributed by atoms with van der Waals surface area (Å²) in [4.78, 5) is 27.2. The Morgan fingerprint density at radius 2 is 1.77 bits per heavy atom. The zero-order chi connectivity index (χ0) is 29.0. The minimum Gasteiger partial charge on any atom is -0.455 e. The molecule has 214 valence electrons. The number of esters is 1. The number of fused-ring (bicyclic) bond motifs is 3. The fraction of sp³-hybridized carbons (Fsp3) is 0.600. The molecule has 2 bridgehead atoms. The largest absolute Gasteiger partial charge is 0.455 e. The molecule has 0 saturated carbocycles. The van der Waals surface area contributed by atoms with Gasteiger partial charge in [0.2, 0.25) is 0 Å². The molecule has 1 saturated heterocycles. The Kier molecular flexibility index (Phi) is 7.45. The molecule has 1 aromatic rings. The Morgan fingerprint density at radius 3 is 2.36 bits per heavy atom. The van der Waals surface area contributed by atoms with Crippen LogP contribution in [0.15, 0.2) is 53.6 Å². The molecule has 4 rings (SSSR count). The van der Waals surface area contributed by atoms with Crippen molar-refractivity contribution >= 4 is 11.8 Å².